The number of hydrogen-bond acceptors (Lipinski definition) is 4. The Morgan fingerprint density at radius 1 is 1.40 bits per heavy atom. The number of nitrogen functional groups attached to an aromatic ring is 1. The van der Waals surface area contributed by atoms with Crippen molar-refractivity contribution in [3.8, 4) is 0 Å². The zero-order chi connectivity index (χ0) is 14.1. The first-order valence-electron chi connectivity index (χ1n) is 6.87. The molecule has 1 saturated carbocycles. The molecule has 1 aromatic heterocycles. The summed E-state index contributed by atoms with van der Waals surface area (Å²) >= 11 is 0. The summed E-state index contributed by atoms with van der Waals surface area (Å²) in [5.41, 5.74) is 7.43. The van der Waals surface area contributed by atoms with E-state index in [1.54, 1.807) is 18.2 Å². The lowest BCUT2D eigenvalue weighted by atomic mass is 9.92. The van der Waals surface area contributed by atoms with Crippen molar-refractivity contribution in [1.29, 1.82) is 0 Å². The number of H-pyrrole nitrogens is 1. The van der Waals surface area contributed by atoms with Crippen LogP contribution in [0.2, 0.25) is 0 Å². The summed E-state index contributed by atoms with van der Waals surface area (Å²) in [6.07, 6.45) is 3.10. The molecule has 20 heavy (non-hydrogen) atoms. The molecule has 3 rings (SSSR count). The number of hydrogen-bond donors (Lipinski definition) is 4. The van der Waals surface area contributed by atoms with Crippen molar-refractivity contribution in [3.05, 3.63) is 23.9 Å². The fourth-order valence-electron chi connectivity index (χ4n) is 2.72. The lowest BCUT2D eigenvalue weighted by Gasteiger charge is -2.28. The molecule has 0 bridgehead atoms. The highest BCUT2D eigenvalue weighted by atomic mass is 16.3. The van der Waals surface area contributed by atoms with Gasteiger partial charge >= 0.3 is 0 Å². The molecule has 0 spiro atoms. The predicted molar refractivity (Wildman–Crippen MR) is 76.2 cm³/mol. The van der Waals surface area contributed by atoms with E-state index in [1.165, 1.54) is 0 Å². The quantitative estimate of drug-likeness (QED) is 0.617. The van der Waals surface area contributed by atoms with Crippen LogP contribution in [0.15, 0.2) is 18.2 Å². The van der Waals surface area contributed by atoms with Crippen molar-refractivity contribution >= 4 is 22.5 Å². The van der Waals surface area contributed by atoms with E-state index in [9.17, 15) is 9.90 Å². The molecule has 0 saturated heterocycles. The summed E-state index contributed by atoms with van der Waals surface area (Å²) in [4.78, 5) is 12.3. The highest BCUT2D eigenvalue weighted by Gasteiger charge is 2.26. The van der Waals surface area contributed by atoms with E-state index in [0.29, 0.717) is 16.8 Å². The third-order valence-corrected chi connectivity index (χ3v) is 3.85. The Labute approximate surface area is 116 Å². The number of nitrogens with zero attached hydrogens (tertiary/aromatic N) is 1. The largest absolute Gasteiger partial charge is 0.399 e. The predicted octanol–water partition coefficient (Wildman–Crippen LogP) is 1.18. The molecule has 1 amide bonds. The van der Waals surface area contributed by atoms with Crippen LogP contribution in [0.5, 0.6) is 0 Å². The average molecular weight is 274 g/mol. The van der Waals surface area contributed by atoms with E-state index in [4.69, 9.17) is 5.73 Å². The third-order valence-electron chi connectivity index (χ3n) is 3.85. The van der Waals surface area contributed by atoms with E-state index in [2.05, 4.69) is 15.5 Å². The first-order chi connectivity index (χ1) is 9.65. The third kappa shape index (κ3) is 2.34. The normalized spacial score (nSPS) is 22.9. The van der Waals surface area contributed by atoms with Crippen LogP contribution in [-0.2, 0) is 0 Å². The van der Waals surface area contributed by atoms with Gasteiger partial charge in [-0.15, -0.1) is 0 Å². The molecule has 2 atom stereocenters. The van der Waals surface area contributed by atoms with Gasteiger partial charge in [-0.25, -0.2) is 0 Å². The molecule has 2 unspecified atom stereocenters. The van der Waals surface area contributed by atoms with Gasteiger partial charge in [-0.1, -0.05) is 12.8 Å². The number of nitrogens with one attached hydrogen (secondary N) is 2. The maximum absolute atomic E-state index is 12.3. The summed E-state index contributed by atoms with van der Waals surface area (Å²) < 4.78 is 0. The second-order valence-electron chi connectivity index (χ2n) is 5.31. The number of aromatic nitrogens is 2. The van der Waals surface area contributed by atoms with E-state index >= 15 is 0 Å². The first kappa shape index (κ1) is 12.9. The highest BCUT2D eigenvalue weighted by molar-refractivity contribution is 6.05. The second-order valence-corrected chi connectivity index (χ2v) is 5.31. The molecule has 6 heteroatoms. The maximum Gasteiger partial charge on any atom is 0.272 e. The molecule has 106 valence electrons. The highest BCUT2D eigenvalue weighted by Crippen LogP contribution is 2.21. The van der Waals surface area contributed by atoms with Gasteiger partial charge in [-0.3, -0.25) is 9.89 Å². The first-order valence-corrected chi connectivity index (χ1v) is 6.87. The number of fused-ring (bicyclic) bond motifs is 1. The summed E-state index contributed by atoms with van der Waals surface area (Å²) in [5.74, 6) is -0.271. The van der Waals surface area contributed by atoms with E-state index in [1.807, 2.05) is 0 Å². The Morgan fingerprint density at radius 2 is 2.20 bits per heavy atom. The Balaban J connectivity index is 1.83. The minimum atomic E-state index is -0.469. The summed E-state index contributed by atoms with van der Waals surface area (Å²) in [6, 6.07) is 5.09. The van der Waals surface area contributed by atoms with Gasteiger partial charge in [0.05, 0.1) is 17.7 Å². The van der Waals surface area contributed by atoms with Gasteiger partial charge in [0.25, 0.3) is 5.91 Å². The smallest absolute Gasteiger partial charge is 0.272 e. The zero-order valence-electron chi connectivity index (χ0n) is 11.1. The molecule has 6 nitrogen and oxygen atoms in total. The van der Waals surface area contributed by atoms with Crippen LogP contribution in [0.25, 0.3) is 10.9 Å². The number of nitrogens with two attached hydrogens (primary N) is 1. The standard InChI is InChI=1S/C14H18N4O2/c15-8-5-6-10-9(7-8)13(18-17-10)14(20)16-11-3-1-2-4-12(11)19/h5-7,11-12,19H,1-4,15H2,(H,16,20)(H,17,18). The molecule has 2 aromatic rings. The number of aliphatic hydroxyl groups excluding tert-OH is 1. The summed E-state index contributed by atoms with van der Waals surface area (Å²) in [5, 5.41) is 20.4. The topological polar surface area (TPSA) is 104 Å². The van der Waals surface area contributed by atoms with Gasteiger partial charge in [0.15, 0.2) is 5.69 Å². The van der Waals surface area contributed by atoms with Crippen molar-refractivity contribution in [3.63, 3.8) is 0 Å². The number of aromatic amines is 1. The molecule has 0 radical (unpaired) electrons. The average Bonchev–Trinajstić information content (AvgIpc) is 2.84. The number of carbonyl (C=O) groups is 1. The summed E-state index contributed by atoms with van der Waals surface area (Å²) in [6.45, 7) is 0. The van der Waals surface area contributed by atoms with Gasteiger partial charge in [0.1, 0.15) is 0 Å². The van der Waals surface area contributed by atoms with Crippen molar-refractivity contribution in [2.75, 3.05) is 5.73 Å². The van der Waals surface area contributed by atoms with E-state index < -0.39 is 6.10 Å². The summed E-state index contributed by atoms with van der Waals surface area (Å²) in [7, 11) is 0. The maximum atomic E-state index is 12.3. The molecule has 5 N–H and O–H groups in total. The SMILES string of the molecule is Nc1ccc2[nH]nc(C(=O)NC3CCCCC3O)c2c1. The van der Waals surface area contributed by atoms with Gasteiger partial charge in [-0.05, 0) is 31.0 Å². The number of carbonyl (C=O) groups excluding carboxylic acids is 1. The molecular weight excluding hydrogens is 256 g/mol. The van der Waals surface area contributed by atoms with Crippen LogP contribution < -0.4 is 11.1 Å². The Morgan fingerprint density at radius 3 is 3.00 bits per heavy atom. The lowest BCUT2D eigenvalue weighted by Crippen LogP contribution is -2.45. The van der Waals surface area contributed by atoms with Crippen LogP contribution in [0.4, 0.5) is 5.69 Å². The van der Waals surface area contributed by atoms with E-state index in [-0.39, 0.29) is 11.9 Å². The Kier molecular flexibility index (Phi) is 3.31. The molecule has 0 aliphatic heterocycles. The molecule has 1 aliphatic carbocycles. The zero-order valence-corrected chi connectivity index (χ0v) is 11.1. The minimum Gasteiger partial charge on any atom is -0.399 e. The van der Waals surface area contributed by atoms with Crippen LogP contribution in [0, 0.1) is 0 Å². The van der Waals surface area contributed by atoms with Gasteiger partial charge in [-0.2, -0.15) is 5.10 Å². The van der Waals surface area contributed by atoms with Crippen molar-refractivity contribution in [2.24, 2.45) is 0 Å². The number of amides is 1. The van der Waals surface area contributed by atoms with E-state index in [0.717, 1.165) is 31.2 Å². The Bertz CT molecular complexity index is 637. The minimum absolute atomic E-state index is 0.191. The number of anilines is 1. The van der Waals surface area contributed by atoms with Crippen molar-refractivity contribution in [1.82, 2.24) is 15.5 Å². The van der Waals surface area contributed by atoms with Crippen LogP contribution in [0.3, 0.4) is 0 Å². The van der Waals surface area contributed by atoms with Crippen molar-refractivity contribution < 1.29 is 9.90 Å². The number of aliphatic hydroxyl groups is 1. The molecule has 1 heterocycles. The molecule has 1 aromatic carbocycles. The van der Waals surface area contributed by atoms with Gasteiger partial charge in [0, 0.05) is 11.1 Å². The number of benzene rings is 1. The van der Waals surface area contributed by atoms with Crippen LogP contribution >= 0.6 is 0 Å². The fourth-order valence-corrected chi connectivity index (χ4v) is 2.72. The monoisotopic (exact) mass is 274 g/mol. The molecule has 1 fully saturated rings. The molecular formula is C14H18N4O2. The molecule has 1 aliphatic rings. The lowest BCUT2D eigenvalue weighted by molar-refractivity contribution is 0.0715. The van der Waals surface area contributed by atoms with Crippen LogP contribution in [-0.4, -0.2) is 33.4 Å². The fraction of sp³-hybridized carbons (Fsp3) is 0.429. The number of rotatable bonds is 2. The van der Waals surface area contributed by atoms with Gasteiger partial charge < -0.3 is 16.2 Å². The van der Waals surface area contributed by atoms with Crippen molar-refractivity contribution in [2.45, 2.75) is 37.8 Å². The van der Waals surface area contributed by atoms with Crippen LogP contribution in [0.1, 0.15) is 36.2 Å². The second kappa shape index (κ2) is 5.13. The van der Waals surface area contributed by atoms with Gasteiger partial charge in [0.2, 0.25) is 0 Å². The Hall–Kier alpha value is -2.08.